The molecule has 1 unspecified atom stereocenters. The molecule has 2 aromatic rings. The van der Waals surface area contributed by atoms with E-state index in [0.29, 0.717) is 0 Å². The minimum Gasteiger partial charge on any atom is -0.349 e. The Bertz CT molecular complexity index is 494. The molecule has 18 heavy (non-hydrogen) atoms. The van der Waals surface area contributed by atoms with Gasteiger partial charge < -0.3 is 10.3 Å². The Morgan fingerprint density at radius 3 is 2.94 bits per heavy atom. The first-order valence-corrected chi connectivity index (χ1v) is 6.97. The Morgan fingerprint density at radius 1 is 1.44 bits per heavy atom. The van der Waals surface area contributed by atoms with Gasteiger partial charge in [0.2, 0.25) is 0 Å². The average molecular weight is 308 g/mol. The van der Waals surface area contributed by atoms with E-state index >= 15 is 0 Å². The zero-order chi connectivity index (χ0) is 13.0. The van der Waals surface area contributed by atoms with E-state index < -0.39 is 0 Å². The fourth-order valence-corrected chi connectivity index (χ4v) is 2.59. The maximum absolute atomic E-state index is 4.31. The summed E-state index contributed by atoms with van der Waals surface area (Å²) in [5, 5.41) is 3.52. The van der Waals surface area contributed by atoms with Crippen molar-refractivity contribution < 1.29 is 0 Å². The summed E-state index contributed by atoms with van der Waals surface area (Å²) in [4.78, 5) is 7.47. The van der Waals surface area contributed by atoms with Crippen LogP contribution in [-0.4, -0.2) is 16.5 Å². The molecule has 0 amide bonds. The van der Waals surface area contributed by atoms with Gasteiger partial charge >= 0.3 is 0 Å². The summed E-state index contributed by atoms with van der Waals surface area (Å²) in [5.74, 6) is 1.01. The van der Waals surface area contributed by atoms with Crippen molar-refractivity contribution in [3.05, 3.63) is 52.0 Å². The Morgan fingerprint density at radius 2 is 2.28 bits per heavy atom. The SMILES string of the molecule is CCNC(Cc1ncc[nH]1)c1cc(C)ccc1Br. The van der Waals surface area contributed by atoms with E-state index in [9.17, 15) is 0 Å². The second kappa shape index (κ2) is 6.16. The molecule has 96 valence electrons. The maximum atomic E-state index is 4.31. The molecule has 0 saturated heterocycles. The molecule has 1 heterocycles. The zero-order valence-corrected chi connectivity index (χ0v) is 12.3. The summed E-state index contributed by atoms with van der Waals surface area (Å²) >= 11 is 3.63. The number of aromatic nitrogens is 2. The molecule has 0 fully saturated rings. The summed E-state index contributed by atoms with van der Waals surface area (Å²) in [6.07, 6.45) is 4.52. The highest BCUT2D eigenvalue weighted by Gasteiger charge is 2.15. The molecule has 1 aromatic heterocycles. The van der Waals surface area contributed by atoms with Gasteiger partial charge in [-0.1, -0.05) is 40.5 Å². The largest absolute Gasteiger partial charge is 0.349 e. The number of nitrogens with zero attached hydrogens (tertiary/aromatic N) is 1. The van der Waals surface area contributed by atoms with Crippen LogP contribution in [-0.2, 0) is 6.42 Å². The summed E-state index contributed by atoms with van der Waals surface area (Å²) in [7, 11) is 0. The first kappa shape index (κ1) is 13.3. The number of aromatic amines is 1. The molecule has 4 heteroatoms. The molecule has 2 N–H and O–H groups in total. The standard InChI is InChI=1S/C14H18BrN3/c1-3-16-13(9-14-17-6-7-18-14)11-8-10(2)4-5-12(11)15/h4-8,13,16H,3,9H2,1-2H3,(H,17,18). The van der Waals surface area contributed by atoms with Crippen LogP contribution in [0.5, 0.6) is 0 Å². The number of H-pyrrole nitrogens is 1. The van der Waals surface area contributed by atoms with Crippen LogP contribution in [0.4, 0.5) is 0 Å². The normalized spacial score (nSPS) is 12.6. The first-order valence-electron chi connectivity index (χ1n) is 6.18. The lowest BCUT2D eigenvalue weighted by Crippen LogP contribution is -2.23. The third-order valence-corrected chi connectivity index (χ3v) is 3.65. The molecule has 0 bridgehead atoms. The monoisotopic (exact) mass is 307 g/mol. The van der Waals surface area contributed by atoms with Gasteiger partial charge in [0.05, 0.1) is 0 Å². The van der Waals surface area contributed by atoms with Crippen molar-refractivity contribution in [3.63, 3.8) is 0 Å². The van der Waals surface area contributed by atoms with E-state index in [0.717, 1.165) is 23.3 Å². The number of likely N-dealkylation sites (N-methyl/N-ethyl adjacent to an activating group) is 1. The van der Waals surface area contributed by atoms with Crippen molar-refractivity contribution in [2.45, 2.75) is 26.3 Å². The lowest BCUT2D eigenvalue weighted by atomic mass is 10.0. The quantitative estimate of drug-likeness (QED) is 0.889. The maximum Gasteiger partial charge on any atom is 0.107 e. The van der Waals surface area contributed by atoms with Crippen LogP contribution in [0.2, 0.25) is 0 Å². The third kappa shape index (κ3) is 3.21. The number of benzene rings is 1. The number of hydrogen-bond acceptors (Lipinski definition) is 2. The number of nitrogens with one attached hydrogen (secondary N) is 2. The van der Waals surface area contributed by atoms with E-state index in [4.69, 9.17) is 0 Å². The van der Waals surface area contributed by atoms with Gasteiger partial charge in [0.1, 0.15) is 5.82 Å². The van der Waals surface area contributed by atoms with Crippen LogP contribution >= 0.6 is 15.9 Å². The number of hydrogen-bond donors (Lipinski definition) is 2. The summed E-state index contributed by atoms with van der Waals surface area (Å²) < 4.78 is 1.14. The third-order valence-electron chi connectivity index (χ3n) is 2.93. The molecule has 0 saturated carbocycles. The van der Waals surface area contributed by atoms with Crippen molar-refractivity contribution in [2.24, 2.45) is 0 Å². The van der Waals surface area contributed by atoms with E-state index in [1.807, 2.05) is 6.20 Å². The Kier molecular flexibility index (Phi) is 4.55. The lowest BCUT2D eigenvalue weighted by molar-refractivity contribution is 0.537. The molecule has 0 aliphatic heterocycles. The molecule has 0 aliphatic rings. The van der Waals surface area contributed by atoms with Gasteiger partial charge in [-0.2, -0.15) is 0 Å². The number of halogens is 1. The summed E-state index contributed by atoms with van der Waals surface area (Å²) in [6.45, 7) is 5.18. The molecule has 1 atom stereocenters. The average Bonchev–Trinajstić information content (AvgIpc) is 2.85. The molecule has 0 spiro atoms. The fraction of sp³-hybridized carbons (Fsp3) is 0.357. The second-order valence-corrected chi connectivity index (χ2v) is 5.23. The van der Waals surface area contributed by atoms with Crippen molar-refractivity contribution in [1.29, 1.82) is 0 Å². The van der Waals surface area contributed by atoms with Gasteiger partial charge in [-0.3, -0.25) is 0 Å². The van der Waals surface area contributed by atoms with Gasteiger partial charge in [-0.15, -0.1) is 0 Å². The molecule has 3 nitrogen and oxygen atoms in total. The smallest absolute Gasteiger partial charge is 0.107 e. The highest BCUT2D eigenvalue weighted by Crippen LogP contribution is 2.26. The van der Waals surface area contributed by atoms with Crippen molar-refractivity contribution in [2.75, 3.05) is 6.54 Å². The van der Waals surface area contributed by atoms with Crippen LogP contribution in [0.15, 0.2) is 35.1 Å². The highest BCUT2D eigenvalue weighted by molar-refractivity contribution is 9.10. The number of imidazole rings is 1. The van der Waals surface area contributed by atoms with E-state index in [1.165, 1.54) is 11.1 Å². The second-order valence-electron chi connectivity index (χ2n) is 4.38. The van der Waals surface area contributed by atoms with Crippen LogP contribution < -0.4 is 5.32 Å². The Balaban J connectivity index is 2.26. The molecular weight excluding hydrogens is 290 g/mol. The number of rotatable bonds is 5. The minimum absolute atomic E-state index is 0.274. The topological polar surface area (TPSA) is 40.7 Å². The van der Waals surface area contributed by atoms with E-state index in [1.54, 1.807) is 6.20 Å². The number of aryl methyl sites for hydroxylation is 1. The van der Waals surface area contributed by atoms with Crippen LogP contribution in [0, 0.1) is 6.92 Å². The van der Waals surface area contributed by atoms with Crippen LogP contribution in [0.1, 0.15) is 29.9 Å². The molecular formula is C14H18BrN3. The predicted molar refractivity (Wildman–Crippen MR) is 77.6 cm³/mol. The van der Waals surface area contributed by atoms with Crippen molar-refractivity contribution in [1.82, 2.24) is 15.3 Å². The van der Waals surface area contributed by atoms with Gasteiger partial charge in [-0.05, 0) is 25.1 Å². The van der Waals surface area contributed by atoms with Gasteiger partial charge in [0, 0.05) is 29.3 Å². The van der Waals surface area contributed by atoms with E-state index in [2.05, 4.69) is 63.3 Å². The first-order chi connectivity index (χ1) is 8.70. The Hall–Kier alpha value is -1.13. The molecule has 0 aliphatic carbocycles. The highest BCUT2D eigenvalue weighted by atomic mass is 79.9. The molecule has 2 rings (SSSR count). The van der Waals surface area contributed by atoms with Gasteiger partial charge in [0.25, 0.3) is 0 Å². The lowest BCUT2D eigenvalue weighted by Gasteiger charge is -2.19. The van der Waals surface area contributed by atoms with Crippen LogP contribution in [0.25, 0.3) is 0 Å². The van der Waals surface area contributed by atoms with E-state index in [-0.39, 0.29) is 6.04 Å². The zero-order valence-electron chi connectivity index (χ0n) is 10.7. The van der Waals surface area contributed by atoms with Crippen molar-refractivity contribution in [3.8, 4) is 0 Å². The van der Waals surface area contributed by atoms with Gasteiger partial charge in [0.15, 0.2) is 0 Å². The predicted octanol–water partition coefficient (Wildman–Crippen LogP) is 3.37. The van der Waals surface area contributed by atoms with Crippen molar-refractivity contribution >= 4 is 15.9 Å². The minimum atomic E-state index is 0.274. The molecule has 1 aromatic carbocycles. The summed E-state index contributed by atoms with van der Waals surface area (Å²) in [5.41, 5.74) is 2.56. The van der Waals surface area contributed by atoms with Crippen LogP contribution in [0.3, 0.4) is 0 Å². The molecule has 0 radical (unpaired) electrons. The Labute approximate surface area is 116 Å². The summed E-state index contributed by atoms with van der Waals surface area (Å²) in [6, 6.07) is 6.72. The fourth-order valence-electron chi connectivity index (χ4n) is 2.07. The van der Waals surface area contributed by atoms with Gasteiger partial charge in [-0.25, -0.2) is 4.98 Å².